The monoisotopic (exact) mass is 414 g/mol. The van der Waals surface area contributed by atoms with Crippen LogP contribution in [0, 0.1) is 5.82 Å². The number of nitrogens with zero attached hydrogens (tertiary/aromatic N) is 4. The molecule has 0 radical (unpaired) electrons. The third-order valence-corrected chi connectivity index (χ3v) is 5.45. The van der Waals surface area contributed by atoms with Crippen LogP contribution >= 0.6 is 0 Å². The largest absolute Gasteiger partial charge is 0.491 e. The maximum absolute atomic E-state index is 14.3. The van der Waals surface area contributed by atoms with E-state index >= 15 is 0 Å². The van der Waals surface area contributed by atoms with Crippen molar-refractivity contribution in [1.82, 2.24) is 15.0 Å². The quantitative estimate of drug-likeness (QED) is 0.448. The molecule has 2 aromatic heterocycles. The van der Waals surface area contributed by atoms with Crippen molar-refractivity contribution in [2.24, 2.45) is 0 Å². The zero-order chi connectivity index (χ0) is 21.4. The van der Waals surface area contributed by atoms with E-state index in [2.05, 4.69) is 32.0 Å². The van der Waals surface area contributed by atoms with Gasteiger partial charge in [0.15, 0.2) is 0 Å². The average Bonchev–Trinajstić information content (AvgIpc) is 2.72. The number of halogens is 1. The Hall–Kier alpha value is -3.54. The molecule has 6 heteroatoms. The zero-order valence-electron chi connectivity index (χ0n) is 17.5. The lowest BCUT2D eigenvalue weighted by Gasteiger charge is -2.41. The van der Waals surface area contributed by atoms with Gasteiger partial charge in [-0.2, -0.15) is 0 Å². The standard InChI is InChI=1S/C25H23FN4O/c1-16(2)31-22-11-18(9-20(26)12-22)24-25(28-8-7-27-24)19-14-30(15-19)21-10-17-5-3-4-6-23(17)29-13-21/h3-13,16,19H,14-15H2,1-2H3. The lowest BCUT2D eigenvalue weighted by Crippen LogP contribution is -2.45. The van der Waals surface area contributed by atoms with Crippen molar-refractivity contribution in [2.45, 2.75) is 25.9 Å². The summed E-state index contributed by atoms with van der Waals surface area (Å²) in [6, 6.07) is 15.0. The number of para-hydroxylation sites is 1. The van der Waals surface area contributed by atoms with E-state index in [4.69, 9.17) is 4.74 Å². The van der Waals surface area contributed by atoms with Gasteiger partial charge in [0.25, 0.3) is 0 Å². The van der Waals surface area contributed by atoms with Gasteiger partial charge in [-0.15, -0.1) is 0 Å². The minimum atomic E-state index is -0.345. The molecule has 1 aliphatic heterocycles. The molecule has 2 aromatic carbocycles. The summed E-state index contributed by atoms with van der Waals surface area (Å²) in [6.07, 6.45) is 5.23. The Kier molecular flexibility index (Phi) is 4.98. The smallest absolute Gasteiger partial charge is 0.127 e. The molecule has 0 unspecified atom stereocenters. The summed E-state index contributed by atoms with van der Waals surface area (Å²) in [4.78, 5) is 16.0. The Morgan fingerprint density at radius 2 is 1.81 bits per heavy atom. The molecule has 4 aromatic rings. The first-order chi connectivity index (χ1) is 15.1. The molecular weight excluding hydrogens is 391 g/mol. The Balaban J connectivity index is 1.40. The maximum Gasteiger partial charge on any atom is 0.127 e. The van der Waals surface area contributed by atoms with Gasteiger partial charge in [0.2, 0.25) is 0 Å². The first-order valence-electron chi connectivity index (χ1n) is 10.4. The van der Waals surface area contributed by atoms with Crippen molar-refractivity contribution >= 4 is 16.6 Å². The molecule has 0 amide bonds. The van der Waals surface area contributed by atoms with Crippen LogP contribution in [0.15, 0.2) is 67.1 Å². The Morgan fingerprint density at radius 1 is 1.00 bits per heavy atom. The highest BCUT2D eigenvalue weighted by Gasteiger charge is 2.32. The van der Waals surface area contributed by atoms with Crippen molar-refractivity contribution in [3.8, 4) is 17.0 Å². The van der Waals surface area contributed by atoms with E-state index in [1.165, 1.54) is 12.1 Å². The number of benzene rings is 2. The summed E-state index contributed by atoms with van der Waals surface area (Å²) in [5, 5.41) is 1.13. The second-order valence-corrected chi connectivity index (χ2v) is 8.12. The van der Waals surface area contributed by atoms with Gasteiger partial charge in [-0.25, -0.2) is 4.39 Å². The van der Waals surface area contributed by atoms with Crippen LogP contribution < -0.4 is 9.64 Å². The fourth-order valence-electron chi connectivity index (χ4n) is 4.00. The fourth-order valence-corrected chi connectivity index (χ4v) is 4.00. The topological polar surface area (TPSA) is 51.1 Å². The van der Waals surface area contributed by atoms with Crippen LogP contribution in [-0.4, -0.2) is 34.1 Å². The lowest BCUT2D eigenvalue weighted by molar-refractivity contribution is 0.241. The number of hydrogen-bond acceptors (Lipinski definition) is 5. The predicted octanol–water partition coefficient (Wildman–Crippen LogP) is 5.22. The number of anilines is 1. The SMILES string of the molecule is CC(C)Oc1cc(F)cc(-c2nccnc2C2CN(c3cnc4ccccc4c3)C2)c1. The van der Waals surface area contributed by atoms with E-state index in [9.17, 15) is 4.39 Å². The third kappa shape index (κ3) is 3.93. The van der Waals surface area contributed by atoms with Crippen molar-refractivity contribution in [1.29, 1.82) is 0 Å². The summed E-state index contributed by atoms with van der Waals surface area (Å²) in [7, 11) is 0. The highest BCUT2D eigenvalue weighted by Crippen LogP contribution is 2.36. The number of aromatic nitrogens is 3. The second-order valence-electron chi connectivity index (χ2n) is 8.12. The van der Waals surface area contributed by atoms with Crippen LogP contribution in [-0.2, 0) is 0 Å². The molecule has 0 atom stereocenters. The van der Waals surface area contributed by atoms with Crippen LogP contribution in [0.2, 0.25) is 0 Å². The molecule has 3 heterocycles. The number of ether oxygens (including phenoxy) is 1. The normalized spacial score (nSPS) is 14.1. The van der Waals surface area contributed by atoms with Gasteiger partial charge >= 0.3 is 0 Å². The van der Waals surface area contributed by atoms with Gasteiger partial charge in [0.1, 0.15) is 11.6 Å². The summed E-state index contributed by atoms with van der Waals surface area (Å²) >= 11 is 0. The molecule has 1 aliphatic rings. The molecule has 0 saturated carbocycles. The first-order valence-corrected chi connectivity index (χ1v) is 10.4. The molecule has 0 bridgehead atoms. The summed E-state index contributed by atoms with van der Waals surface area (Å²) in [6.45, 7) is 5.47. The Morgan fingerprint density at radius 3 is 2.65 bits per heavy atom. The van der Waals surface area contributed by atoms with E-state index in [1.807, 2.05) is 44.3 Å². The number of pyridine rings is 1. The predicted molar refractivity (Wildman–Crippen MR) is 120 cm³/mol. The van der Waals surface area contributed by atoms with Crippen molar-refractivity contribution in [3.05, 3.63) is 78.6 Å². The van der Waals surface area contributed by atoms with Gasteiger partial charge in [-0.1, -0.05) is 18.2 Å². The first kappa shape index (κ1) is 19.4. The highest BCUT2D eigenvalue weighted by atomic mass is 19.1. The van der Waals surface area contributed by atoms with E-state index in [-0.39, 0.29) is 17.8 Å². The minimum absolute atomic E-state index is 0.0354. The number of rotatable bonds is 5. The van der Waals surface area contributed by atoms with Gasteiger partial charge in [-0.3, -0.25) is 15.0 Å². The molecule has 5 nitrogen and oxygen atoms in total. The van der Waals surface area contributed by atoms with Crippen LogP contribution in [0.4, 0.5) is 10.1 Å². The summed E-state index contributed by atoms with van der Waals surface area (Å²) in [5.41, 5.74) is 4.36. The fraction of sp³-hybridized carbons (Fsp3) is 0.240. The number of hydrogen-bond donors (Lipinski definition) is 0. The van der Waals surface area contributed by atoms with E-state index in [0.29, 0.717) is 17.0 Å². The van der Waals surface area contributed by atoms with E-state index in [1.54, 1.807) is 12.4 Å². The van der Waals surface area contributed by atoms with Crippen LogP contribution in [0.25, 0.3) is 22.2 Å². The highest BCUT2D eigenvalue weighted by molar-refractivity contribution is 5.82. The molecule has 1 saturated heterocycles. The molecule has 5 rings (SSSR count). The average molecular weight is 414 g/mol. The van der Waals surface area contributed by atoms with Crippen molar-refractivity contribution < 1.29 is 9.13 Å². The number of fused-ring (bicyclic) bond motifs is 1. The van der Waals surface area contributed by atoms with Gasteiger partial charge in [0.05, 0.1) is 34.9 Å². The molecule has 0 N–H and O–H groups in total. The van der Waals surface area contributed by atoms with Crippen LogP contribution in [0.1, 0.15) is 25.5 Å². The lowest BCUT2D eigenvalue weighted by atomic mass is 9.91. The van der Waals surface area contributed by atoms with Gasteiger partial charge < -0.3 is 9.64 Å². The molecule has 31 heavy (non-hydrogen) atoms. The van der Waals surface area contributed by atoms with Crippen molar-refractivity contribution in [3.63, 3.8) is 0 Å². The summed E-state index contributed by atoms with van der Waals surface area (Å²) < 4.78 is 20.0. The molecule has 1 fully saturated rings. The maximum atomic E-state index is 14.3. The van der Waals surface area contributed by atoms with Gasteiger partial charge in [0, 0.05) is 48.4 Å². The zero-order valence-corrected chi connectivity index (χ0v) is 17.5. The Labute approximate surface area is 180 Å². The molecule has 0 aliphatic carbocycles. The minimum Gasteiger partial charge on any atom is -0.491 e. The van der Waals surface area contributed by atoms with E-state index < -0.39 is 0 Å². The summed E-state index contributed by atoms with van der Waals surface area (Å²) in [5.74, 6) is 0.370. The third-order valence-electron chi connectivity index (χ3n) is 5.45. The molecule has 0 spiro atoms. The van der Waals surface area contributed by atoms with Gasteiger partial charge in [-0.05, 0) is 38.1 Å². The van der Waals surface area contributed by atoms with E-state index in [0.717, 1.165) is 35.4 Å². The Bertz CT molecular complexity index is 1240. The van der Waals surface area contributed by atoms with Crippen LogP contribution in [0.5, 0.6) is 5.75 Å². The molecular formula is C25H23FN4O. The van der Waals surface area contributed by atoms with Crippen molar-refractivity contribution in [2.75, 3.05) is 18.0 Å². The van der Waals surface area contributed by atoms with Crippen LogP contribution in [0.3, 0.4) is 0 Å². The molecule has 156 valence electrons. The second kappa shape index (κ2) is 7.95.